The van der Waals surface area contributed by atoms with Crippen LogP contribution >= 0.6 is 11.6 Å². The Morgan fingerprint density at radius 3 is 2.60 bits per heavy atom. The molecule has 0 spiro atoms. The molecule has 0 amide bonds. The largest absolute Gasteiger partial charge is 0.313 e. The lowest BCUT2D eigenvalue weighted by atomic mass is 10.0. The van der Waals surface area contributed by atoms with Crippen molar-refractivity contribution in [1.82, 2.24) is 5.32 Å². The second-order valence-electron chi connectivity index (χ2n) is 4.19. The molecule has 0 fully saturated rings. The minimum absolute atomic E-state index is 0.496. The highest BCUT2D eigenvalue weighted by Crippen LogP contribution is 2.24. The molecule has 2 heteroatoms. The normalized spacial score (nSPS) is 11.0. The summed E-state index contributed by atoms with van der Waals surface area (Å²) in [4.78, 5) is 0. The Balaban J connectivity index is 2.65. The van der Waals surface area contributed by atoms with Gasteiger partial charge in [0.05, 0.1) is 0 Å². The summed E-state index contributed by atoms with van der Waals surface area (Å²) in [5.74, 6) is 0.496. The highest BCUT2D eigenvalue weighted by atomic mass is 35.5. The van der Waals surface area contributed by atoms with E-state index >= 15 is 0 Å². The third-order valence-corrected chi connectivity index (χ3v) is 2.77. The third-order valence-electron chi connectivity index (χ3n) is 2.44. The molecule has 0 aromatic heterocycles. The second-order valence-corrected chi connectivity index (χ2v) is 4.59. The predicted octanol–water partition coefficient (Wildman–Crippen LogP) is 3.96. The maximum absolute atomic E-state index is 6.21. The lowest BCUT2D eigenvalue weighted by molar-refractivity contribution is 0.675. The number of nitrogens with one attached hydrogen (secondary N) is 1. The Hall–Kier alpha value is -0.530. The van der Waals surface area contributed by atoms with E-state index in [1.807, 2.05) is 0 Å². The first kappa shape index (κ1) is 12.5. The van der Waals surface area contributed by atoms with E-state index in [-0.39, 0.29) is 0 Å². The molecule has 0 aliphatic heterocycles. The summed E-state index contributed by atoms with van der Waals surface area (Å²) < 4.78 is 0. The van der Waals surface area contributed by atoms with Crippen molar-refractivity contribution in [2.24, 2.45) is 0 Å². The van der Waals surface area contributed by atoms with E-state index in [0.717, 1.165) is 24.5 Å². The van der Waals surface area contributed by atoms with Gasteiger partial charge in [0.2, 0.25) is 0 Å². The van der Waals surface area contributed by atoms with Crippen molar-refractivity contribution in [2.45, 2.75) is 39.7 Å². The Morgan fingerprint density at radius 1 is 1.33 bits per heavy atom. The van der Waals surface area contributed by atoms with Gasteiger partial charge in [0.15, 0.2) is 0 Å². The van der Waals surface area contributed by atoms with Gasteiger partial charge in [-0.3, -0.25) is 0 Å². The zero-order chi connectivity index (χ0) is 11.3. The van der Waals surface area contributed by atoms with Crippen LogP contribution in [0.2, 0.25) is 5.02 Å². The molecule has 0 saturated carbocycles. The number of rotatable bonds is 5. The molecular formula is C13H20ClN. The van der Waals surface area contributed by atoms with Crippen molar-refractivity contribution < 1.29 is 0 Å². The standard InChI is InChI=1S/C13H20ClN/c1-4-7-15-9-11-5-6-12(10(2)3)13(14)8-11/h5-6,8,10,15H,4,7,9H2,1-3H3. The van der Waals surface area contributed by atoms with Gasteiger partial charge < -0.3 is 5.32 Å². The van der Waals surface area contributed by atoms with Crippen molar-refractivity contribution in [2.75, 3.05) is 6.54 Å². The Bertz CT molecular complexity index is 307. The van der Waals surface area contributed by atoms with Crippen LogP contribution < -0.4 is 5.32 Å². The van der Waals surface area contributed by atoms with E-state index in [4.69, 9.17) is 11.6 Å². The van der Waals surface area contributed by atoms with Crippen molar-refractivity contribution in [1.29, 1.82) is 0 Å². The van der Waals surface area contributed by atoms with Crippen molar-refractivity contribution in [3.05, 3.63) is 34.3 Å². The smallest absolute Gasteiger partial charge is 0.0443 e. The van der Waals surface area contributed by atoms with Crippen LogP contribution in [0, 0.1) is 0 Å². The van der Waals surface area contributed by atoms with E-state index in [9.17, 15) is 0 Å². The maximum atomic E-state index is 6.21. The van der Waals surface area contributed by atoms with E-state index in [1.54, 1.807) is 0 Å². The van der Waals surface area contributed by atoms with E-state index in [1.165, 1.54) is 11.1 Å². The van der Waals surface area contributed by atoms with Gasteiger partial charge in [-0.1, -0.05) is 44.5 Å². The first-order valence-electron chi connectivity index (χ1n) is 5.64. The quantitative estimate of drug-likeness (QED) is 0.748. The summed E-state index contributed by atoms with van der Waals surface area (Å²) in [6, 6.07) is 6.36. The molecule has 1 rings (SSSR count). The molecule has 0 radical (unpaired) electrons. The fraction of sp³-hybridized carbons (Fsp3) is 0.538. The molecule has 0 bridgehead atoms. The van der Waals surface area contributed by atoms with Crippen molar-refractivity contribution in [3.8, 4) is 0 Å². The Labute approximate surface area is 97.8 Å². The summed E-state index contributed by atoms with van der Waals surface area (Å²) in [5, 5.41) is 4.26. The first-order valence-corrected chi connectivity index (χ1v) is 6.02. The molecule has 0 unspecified atom stereocenters. The average Bonchev–Trinajstić information content (AvgIpc) is 2.17. The van der Waals surface area contributed by atoms with Gasteiger partial charge in [0.25, 0.3) is 0 Å². The Kier molecular flexibility index (Phi) is 5.13. The first-order chi connectivity index (χ1) is 7.15. The minimum Gasteiger partial charge on any atom is -0.313 e. The average molecular weight is 226 g/mol. The summed E-state index contributed by atoms with van der Waals surface area (Å²) in [6.07, 6.45) is 1.16. The lowest BCUT2D eigenvalue weighted by Gasteiger charge is -2.10. The summed E-state index contributed by atoms with van der Waals surface area (Å²) in [7, 11) is 0. The molecule has 84 valence electrons. The van der Waals surface area contributed by atoms with E-state index in [0.29, 0.717) is 5.92 Å². The molecular weight excluding hydrogens is 206 g/mol. The van der Waals surface area contributed by atoms with E-state index < -0.39 is 0 Å². The third kappa shape index (κ3) is 3.84. The van der Waals surface area contributed by atoms with Crippen LogP contribution in [-0.2, 0) is 6.54 Å². The molecule has 0 atom stereocenters. The summed E-state index contributed by atoms with van der Waals surface area (Å²) >= 11 is 6.21. The van der Waals surface area contributed by atoms with Crippen LogP contribution in [0.15, 0.2) is 18.2 Å². The van der Waals surface area contributed by atoms with Gasteiger partial charge in [-0.05, 0) is 36.1 Å². The fourth-order valence-corrected chi connectivity index (χ4v) is 1.98. The molecule has 1 nitrogen and oxygen atoms in total. The van der Waals surface area contributed by atoms with Gasteiger partial charge in [-0.25, -0.2) is 0 Å². The molecule has 0 saturated heterocycles. The topological polar surface area (TPSA) is 12.0 Å². The maximum Gasteiger partial charge on any atom is 0.0443 e. The van der Waals surface area contributed by atoms with Gasteiger partial charge in [0, 0.05) is 11.6 Å². The van der Waals surface area contributed by atoms with Gasteiger partial charge in [-0.15, -0.1) is 0 Å². The van der Waals surface area contributed by atoms with Gasteiger partial charge in [0.1, 0.15) is 0 Å². The highest BCUT2D eigenvalue weighted by molar-refractivity contribution is 6.31. The molecule has 15 heavy (non-hydrogen) atoms. The second kappa shape index (κ2) is 6.14. The molecule has 1 aromatic carbocycles. The molecule has 1 N–H and O–H groups in total. The molecule has 1 aromatic rings. The number of hydrogen-bond donors (Lipinski definition) is 1. The van der Waals surface area contributed by atoms with E-state index in [2.05, 4.69) is 44.3 Å². The van der Waals surface area contributed by atoms with Crippen LogP contribution in [0.3, 0.4) is 0 Å². The molecule has 0 aliphatic rings. The monoisotopic (exact) mass is 225 g/mol. The number of halogens is 1. The van der Waals surface area contributed by atoms with Gasteiger partial charge in [-0.2, -0.15) is 0 Å². The Morgan fingerprint density at radius 2 is 2.07 bits per heavy atom. The van der Waals surface area contributed by atoms with Crippen molar-refractivity contribution in [3.63, 3.8) is 0 Å². The minimum atomic E-state index is 0.496. The van der Waals surface area contributed by atoms with Crippen LogP contribution in [0.25, 0.3) is 0 Å². The van der Waals surface area contributed by atoms with Crippen LogP contribution in [0.4, 0.5) is 0 Å². The van der Waals surface area contributed by atoms with Crippen LogP contribution in [0.1, 0.15) is 44.2 Å². The SMILES string of the molecule is CCCNCc1ccc(C(C)C)c(Cl)c1. The predicted molar refractivity (Wildman–Crippen MR) is 67.5 cm³/mol. The van der Waals surface area contributed by atoms with Gasteiger partial charge >= 0.3 is 0 Å². The van der Waals surface area contributed by atoms with Crippen LogP contribution in [-0.4, -0.2) is 6.54 Å². The zero-order valence-corrected chi connectivity index (χ0v) is 10.6. The number of hydrogen-bond acceptors (Lipinski definition) is 1. The lowest BCUT2D eigenvalue weighted by Crippen LogP contribution is -2.13. The van der Waals surface area contributed by atoms with Crippen LogP contribution in [0.5, 0.6) is 0 Å². The highest BCUT2D eigenvalue weighted by Gasteiger charge is 2.05. The number of benzene rings is 1. The summed E-state index contributed by atoms with van der Waals surface area (Å²) in [6.45, 7) is 8.46. The fourth-order valence-electron chi connectivity index (χ4n) is 1.56. The zero-order valence-electron chi connectivity index (χ0n) is 9.81. The molecule has 0 aliphatic carbocycles. The molecule has 0 heterocycles. The summed E-state index contributed by atoms with van der Waals surface area (Å²) in [5.41, 5.74) is 2.49. The van der Waals surface area contributed by atoms with Crippen molar-refractivity contribution >= 4 is 11.6 Å².